The summed E-state index contributed by atoms with van der Waals surface area (Å²) in [6.45, 7) is 14.7. The molecule has 2 saturated heterocycles. The number of aryl methyl sites for hydroxylation is 1. The van der Waals surface area contributed by atoms with Gasteiger partial charge < -0.3 is 19.4 Å². The van der Waals surface area contributed by atoms with Gasteiger partial charge in [0.25, 0.3) is 0 Å². The van der Waals surface area contributed by atoms with E-state index in [9.17, 15) is 18.0 Å². The molecule has 1 saturated carbocycles. The highest BCUT2D eigenvalue weighted by Crippen LogP contribution is 2.40. The van der Waals surface area contributed by atoms with Gasteiger partial charge in [0.2, 0.25) is 11.8 Å². The molecule has 1 aromatic heterocycles. The van der Waals surface area contributed by atoms with E-state index in [1.54, 1.807) is 9.96 Å². The van der Waals surface area contributed by atoms with Gasteiger partial charge in [-0.2, -0.15) is 22.8 Å². The van der Waals surface area contributed by atoms with E-state index in [4.69, 9.17) is 17.7 Å². The zero-order valence-corrected chi connectivity index (χ0v) is 32.3. The Kier molecular flexibility index (Phi) is 14.4. The number of ether oxygens (including phenoxy) is 1. The van der Waals surface area contributed by atoms with Crippen molar-refractivity contribution >= 4 is 22.5 Å². The summed E-state index contributed by atoms with van der Waals surface area (Å²) in [4.78, 5) is 27.2. The molecule has 3 fully saturated rings. The number of carbonyl (C=O) groups is 2. The van der Waals surface area contributed by atoms with E-state index < -0.39 is 45.7 Å². The summed E-state index contributed by atoms with van der Waals surface area (Å²) < 4.78 is 49.8. The van der Waals surface area contributed by atoms with Gasteiger partial charge in [0.15, 0.2) is 0 Å². The van der Waals surface area contributed by atoms with Crippen LogP contribution in [-0.4, -0.2) is 82.1 Å². The van der Waals surface area contributed by atoms with Crippen molar-refractivity contribution in [2.75, 3.05) is 13.1 Å². The lowest BCUT2D eigenvalue weighted by molar-refractivity contribution is -0.172. The number of aromatic nitrogens is 2. The van der Waals surface area contributed by atoms with Crippen LogP contribution in [0.15, 0.2) is 4.42 Å². The Bertz CT molecular complexity index is 1340. The zero-order chi connectivity index (χ0) is 36.5. The number of alkyl carbamates (subject to hydrolysis) is 1. The highest BCUT2D eigenvalue weighted by atomic mass is 32.3. The number of rotatable bonds is 21. The van der Waals surface area contributed by atoms with Crippen LogP contribution in [0.5, 0.6) is 0 Å². The maximum atomic E-state index is 13.6. The van der Waals surface area contributed by atoms with Crippen LogP contribution in [-0.2, 0) is 30.1 Å². The Balaban J connectivity index is 1.34. The Morgan fingerprint density at radius 3 is 2.28 bits per heavy atom. The number of amides is 3. The van der Waals surface area contributed by atoms with Crippen molar-refractivity contribution in [2.45, 2.75) is 180 Å². The fourth-order valence-corrected chi connectivity index (χ4v) is 8.35. The first-order chi connectivity index (χ1) is 23.7. The lowest BCUT2D eigenvalue weighted by atomic mass is 9.77. The van der Waals surface area contributed by atoms with Crippen LogP contribution in [0.25, 0.3) is 0 Å². The lowest BCUT2D eigenvalue weighted by Gasteiger charge is -2.43. The van der Waals surface area contributed by atoms with E-state index in [2.05, 4.69) is 43.2 Å². The fourth-order valence-electron chi connectivity index (χ4n) is 7.48. The summed E-state index contributed by atoms with van der Waals surface area (Å²) in [5, 5.41) is 14.1. The van der Waals surface area contributed by atoms with Gasteiger partial charge in [0.1, 0.15) is 11.6 Å². The average molecular weight is 727 g/mol. The summed E-state index contributed by atoms with van der Waals surface area (Å²) in [5.74, 6) is 1.27. The molecule has 1 aromatic rings. The lowest BCUT2D eigenvalue weighted by Crippen LogP contribution is -2.51. The van der Waals surface area contributed by atoms with Gasteiger partial charge in [-0.1, -0.05) is 66.2 Å². The smallest absolute Gasteiger partial charge is 0.437 e. The van der Waals surface area contributed by atoms with Crippen LogP contribution in [0.3, 0.4) is 0 Å². The van der Waals surface area contributed by atoms with Gasteiger partial charge in [0.05, 0.1) is 6.04 Å². The van der Waals surface area contributed by atoms with Crippen molar-refractivity contribution in [3.05, 3.63) is 11.8 Å². The van der Waals surface area contributed by atoms with Crippen molar-refractivity contribution in [3.8, 4) is 0 Å². The third kappa shape index (κ3) is 10.8. The number of unbranched alkanes of at least 4 members (excludes halogenated alkanes) is 3. The number of fused-ring (bicyclic) bond motifs is 2. The molecule has 3 aliphatic rings. The Hall–Kier alpha value is -2.49. The maximum absolute atomic E-state index is 13.6. The van der Waals surface area contributed by atoms with Crippen molar-refractivity contribution in [2.24, 2.45) is 5.92 Å². The topological polar surface area (TPSA) is 157 Å². The molecule has 4 rings (SSSR count). The molecule has 0 aromatic carbocycles. The molecule has 15 heteroatoms. The summed E-state index contributed by atoms with van der Waals surface area (Å²) in [6, 6.07) is -1.36. The van der Waals surface area contributed by atoms with Gasteiger partial charge >= 0.3 is 22.5 Å². The standard InChI is InChI=1S/C35H62N6O8S/c1-8-12-20-35(19-11-4,21-13-9-2)40(22-14-10-3)48-50(44,45)49-41-28-16-17-29(39(25-28)33(41)43)31-38-37-30(46-31)18-15-26-23-27(24-26)36-32(42)47-34(5,6)7/h26-29H,8-25H2,1-7H3,(H,36,42)/t26-,27+,28-,29-/m0/s1. The summed E-state index contributed by atoms with van der Waals surface area (Å²) in [5.41, 5.74) is -0.961. The van der Waals surface area contributed by atoms with Crippen LogP contribution in [0.1, 0.15) is 163 Å². The van der Waals surface area contributed by atoms with E-state index >= 15 is 0 Å². The quantitative estimate of drug-likeness (QED) is 0.126. The molecule has 2 atom stereocenters. The number of piperidine rings is 1. The van der Waals surface area contributed by atoms with Crippen molar-refractivity contribution in [1.82, 2.24) is 30.5 Å². The highest BCUT2D eigenvalue weighted by molar-refractivity contribution is 7.81. The minimum atomic E-state index is -4.60. The second-order valence-electron chi connectivity index (χ2n) is 15.5. The van der Waals surface area contributed by atoms with Gasteiger partial charge in [-0.25, -0.2) is 9.59 Å². The molecule has 0 radical (unpaired) electrons. The molecular formula is C35H62N6O8S. The summed E-state index contributed by atoms with van der Waals surface area (Å²) in [6.07, 6.45) is 12.8. The number of hydrogen-bond donors (Lipinski definition) is 1. The number of hydrogen-bond acceptors (Lipinski definition) is 11. The molecular weight excluding hydrogens is 664 g/mol. The molecule has 286 valence electrons. The number of hydroxylamine groups is 4. The average Bonchev–Trinajstić information content (AvgIpc) is 3.59. The summed E-state index contributed by atoms with van der Waals surface area (Å²) >= 11 is 0. The number of nitrogens with one attached hydrogen (secondary N) is 1. The predicted molar refractivity (Wildman–Crippen MR) is 188 cm³/mol. The first kappa shape index (κ1) is 40.3. The maximum Gasteiger partial charge on any atom is 0.437 e. The van der Waals surface area contributed by atoms with Crippen LogP contribution < -0.4 is 5.32 Å². The van der Waals surface area contributed by atoms with Crippen LogP contribution in [0.4, 0.5) is 9.59 Å². The van der Waals surface area contributed by atoms with E-state index in [0.717, 1.165) is 88.5 Å². The third-order valence-electron chi connectivity index (χ3n) is 10.1. The van der Waals surface area contributed by atoms with E-state index in [-0.39, 0.29) is 12.6 Å². The van der Waals surface area contributed by atoms with Crippen LogP contribution >= 0.6 is 0 Å². The minimum Gasteiger partial charge on any atom is -0.444 e. The van der Waals surface area contributed by atoms with E-state index in [0.29, 0.717) is 43.5 Å². The highest BCUT2D eigenvalue weighted by Gasteiger charge is 2.50. The number of carbonyl (C=O) groups excluding carboxylic acids is 2. The van der Waals surface area contributed by atoms with Crippen molar-refractivity contribution in [1.29, 1.82) is 0 Å². The van der Waals surface area contributed by atoms with E-state index in [1.807, 2.05) is 20.8 Å². The van der Waals surface area contributed by atoms with Crippen LogP contribution in [0, 0.1) is 5.92 Å². The molecule has 0 spiro atoms. The normalized spacial score (nSPS) is 22.7. The first-order valence-corrected chi connectivity index (χ1v) is 20.4. The predicted octanol–water partition coefficient (Wildman–Crippen LogP) is 7.38. The fraction of sp³-hybridized carbons (Fsp3) is 0.886. The Labute approximate surface area is 299 Å². The van der Waals surface area contributed by atoms with Crippen molar-refractivity contribution < 1.29 is 35.7 Å². The van der Waals surface area contributed by atoms with Gasteiger partial charge in [-0.3, -0.25) is 0 Å². The minimum absolute atomic E-state index is 0.101. The molecule has 2 aliphatic heterocycles. The number of nitrogens with zero attached hydrogens (tertiary/aromatic N) is 5. The molecule has 2 bridgehead atoms. The van der Waals surface area contributed by atoms with Crippen molar-refractivity contribution in [3.63, 3.8) is 0 Å². The largest absolute Gasteiger partial charge is 0.444 e. The first-order valence-electron chi connectivity index (χ1n) is 19.1. The molecule has 14 nitrogen and oxygen atoms in total. The van der Waals surface area contributed by atoms with Gasteiger partial charge in [-0.05, 0) is 84.5 Å². The molecule has 1 aliphatic carbocycles. The SMILES string of the molecule is CCCCN(OS(=O)(=O)ON1C(=O)N2C[C@@H]1CC[C@H]2c1nnc(CC[C@H]2C[C@@H](NC(=O)OC(C)(C)C)C2)o1)C(CCC)(CCCC)CCCC. The monoisotopic (exact) mass is 726 g/mol. The second-order valence-corrected chi connectivity index (χ2v) is 16.6. The zero-order valence-electron chi connectivity index (χ0n) is 31.4. The van der Waals surface area contributed by atoms with Crippen LogP contribution in [0.2, 0.25) is 0 Å². The Morgan fingerprint density at radius 2 is 1.66 bits per heavy atom. The molecule has 0 unspecified atom stereocenters. The van der Waals surface area contributed by atoms with E-state index in [1.165, 1.54) is 0 Å². The van der Waals surface area contributed by atoms with Gasteiger partial charge in [-0.15, -0.1) is 14.5 Å². The molecule has 1 N–H and O–H groups in total. The molecule has 50 heavy (non-hydrogen) atoms. The summed E-state index contributed by atoms with van der Waals surface area (Å²) in [7, 11) is -4.60. The molecule has 3 heterocycles. The number of urea groups is 1. The van der Waals surface area contributed by atoms with Gasteiger partial charge in [0, 0.05) is 31.1 Å². The Morgan fingerprint density at radius 1 is 0.980 bits per heavy atom. The molecule has 3 amide bonds. The third-order valence-corrected chi connectivity index (χ3v) is 10.8. The second kappa shape index (κ2) is 17.8.